The summed E-state index contributed by atoms with van der Waals surface area (Å²) in [6.45, 7) is 4.76. The van der Waals surface area contributed by atoms with Crippen LogP contribution < -0.4 is 4.90 Å². The Morgan fingerprint density at radius 3 is 2.75 bits per heavy atom. The molecule has 1 aromatic carbocycles. The first-order valence-electron chi connectivity index (χ1n) is 9.17. The third-order valence-corrected chi connectivity index (χ3v) is 5.00. The minimum absolute atomic E-state index is 0.122. The first kappa shape index (κ1) is 18.4. The standard InChI is InChI=1S/C20H20ClN5O2/c1-14(27)25-8-3-9-26(11-10-25)18-7-6-16(13-22-18)20-23-19(24-28-20)15-4-2-5-17(21)12-15/h2,4-7,12-13H,3,8-11H2,1H3. The fourth-order valence-corrected chi connectivity index (χ4v) is 3.44. The van der Waals surface area contributed by atoms with Crippen molar-refractivity contribution in [3.63, 3.8) is 0 Å². The fourth-order valence-electron chi connectivity index (χ4n) is 3.25. The van der Waals surface area contributed by atoms with Crippen molar-refractivity contribution in [2.45, 2.75) is 13.3 Å². The van der Waals surface area contributed by atoms with Crippen LogP contribution in [0.2, 0.25) is 5.02 Å². The zero-order chi connectivity index (χ0) is 19.5. The lowest BCUT2D eigenvalue weighted by molar-refractivity contribution is -0.128. The summed E-state index contributed by atoms with van der Waals surface area (Å²) in [6, 6.07) is 11.2. The molecule has 3 heterocycles. The largest absolute Gasteiger partial charge is 0.355 e. The topological polar surface area (TPSA) is 75.4 Å². The van der Waals surface area contributed by atoms with Gasteiger partial charge in [-0.05, 0) is 30.7 Å². The summed E-state index contributed by atoms with van der Waals surface area (Å²) in [4.78, 5) is 24.7. The summed E-state index contributed by atoms with van der Waals surface area (Å²) in [5, 5.41) is 4.65. The number of hydrogen-bond acceptors (Lipinski definition) is 6. The van der Waals surface area contributed by atoms with Gasteiger partial charge >= 0.3 is 0 Å². The van der Waals surface area contributed by atoms with E-state index < -0.39 is 0 Å². The third kappa shape index (κ3) is 3.99. The molecule has 2 aromatic heterocycles. The minimum atomic E-state index is 0.122. The Kier molecular flexibility index (Phi) is 5.25. The van der Waals surface area contributed by atoms with Crippen molar-refractivity contribution >= 4 is 23.3 Å². The van der Waals surface area contributed by atoms with Crippen LogP contribution in [0.15, 0.2) is 47.1 Å². The molecule has 1 saturated heterocycles. The Hall–Kier alpha value is -2.93. The summed E-state index contributed by atoms with van der Waals surface area (Å²) >= 11 is 6.03. The van der Waals surface area contributed by atoms with Crippen LogP contribution in [0.1, 0.15) is 13.3 Å². The highest BCUT2D eigenvalue weighted by atomic mass is 35.5. The lowest BCUT2D eigenvalue weighted by Gasteiger charge is -2.22. The molecular weight excluding hydrogens is 378 g/mol. The van der Waals surface area contributed by atoms with Crippen LogP contribution in [0.4, 0.5) is 5.82 Å². The maximum atomic E-state index is 11.6. The Morgan fingerprint density at radius 1 is 1.11 bits per heavy atom. The number of rotatable bonds is 3. The number of hydrogen-bond donors (Lipinski definition) is 0. The number of carbonyl (C=O) groups is 1. The molecule has 0 aliphatic carbocycles. The summed E-state index contributed by atoms with van der Waals surface area (Å²) in [5.74, 6) is 1.90. The molecule has 4 rings (SSSR count). The van der Waals surface area contributed by atoms with Crippen molar-refractivity contribution in [3.05, 3.63) is 47.6 Å². The highest BCUT2D eigenvalue weighted by Gasteiger charge is 2.18. The quantitative estimate of drug-likeness (QED) is 0.673. The highest BCUT2D eigenvalue weighted by molar-refractivity contribution is 6.30. The lowest BCUT2D eigenvalue weighted by atomic mass is 10.2. The molecule has 0 saturated carbocycles. The average molecular weight is 398 g/mol. The van der Waals surface area contributed by atoms with Crippen molar-refractivity contribution < 1.29 is 9.32 Å². The smallest absolute Gasteiger partial charge is 0.259 e. The van der Waals surface area contributed by atoms with Crippen LogP contribution in [0.5, 0.6) is 0 Å². The molecule has 1 fully saturated rings. The molecule has 8 heteroatoms. The molecular formula is C20H20ClN5O2. The van der Waals surface area contributed by atoms with Crippen LogP contribution in [-0.2, 0) is 4.79 Å². The zero-order valence-corrected chi connectivity index (χ0v) is 16.3. The molecule has 0 atom stereocenters. The Bertz CT molecular complexity index is 973. The van der Waals surface area contributed by atoms with Crippen molar-refractivity contribution in [1.29, 1.82) is 0 Å². The molecule has 1 aliphatic heterocycles. The molecule has 0 radical (unpaired) electrons. The van der Waals surface area contributed by atoms with E-state index in [-0.39, 0.29) is 5.91 Å². The Balaban J connectivity index is 1.49. The summed E-state index contributed by atoms with van der Waals surface area (Å²) in [5.41, 5.74) is 1.55. The average Bonchev–Trinajstić information content (AvgIpc) is 3.06. The SMILES string of the molecule is CC(=O)N1CCCN(c2ccc(-c3nc(-c4cccc(Cl)c4)no3)cn2)CC1. The van der Waals surface area contributed by atoms with Gasteiger partial charge in [-0.2, -0.15) is 4.98 Å². The van der Waals surface area contributed by atoms with Crippen LogP contribution in [0.3, 0.4) is 0 Å². The van der Waals surface area contributed by atoms with Crippen LogP contribution >= 0.6 is 11.6 Å². The van der Waals surface area contributed by atoms with Crippen molar-refractivity contribution in [3.8, 4) is 22.8 Å². The van der Waals surface area contributed by atoms with Crippen molar-refractivity contribution in [1.82, 2.24) is 20.0 Å². The van der Waals surface area contributed by atoms with Gasteiger partial charge in [0, 0.05) is 49.9 Å². The molecule has 3 aromatic rings. The number of nitrogens with zero attached hydrogens (tertiary/aromatic N) is 5. The van der Waals surface area contributed by atoms with E-state index in [2.05, 4.69) is 20.0 Å². The molecule has 7 nitrogen and oxygen atoms in total. The van der Waals surface area contributed by atoms with E-state index in [9.17, 15) is 4.79 Å². The molecule has 1 amide bonds. The number of carbonyl (C=O) groups excluding carboxylic acids is 1. The Labute approximate surface area is 167 Å². The van der Waals surface area contributed by atoms with Gasteiger partial charge in [0.2, 0.25) is 11.7 Å². The van der Waals surface area contributed by atoms with Gasteiger partial charge in [0.15, 0.2) is 0 Å². The van der Waals surface area contributed by atoms with E-state index in [1.165, 1.54) is 0 Å². The second-order valence-corrected chi connectivity index (χ2v) is 7.12. The van der Waals surface area contributed by atoms with Crippen LogP contribution in [0, 0.1) is 0 Å². The minimum Gasteiger partial charge on any atom is -0.355 e. The molecule has 0 N–H and O–H groups in total. The summed E-state index contributed by atoms with van der Waals surface area (Å²) in [7, 11) is 0. The summed E-state index contributed by atoms with van der Waals surface area (Å²) in [6.07, 6.45) is 2.66. The van der Waals surface area contributed by atoms with E-state index in [0.717, 1.165) is 43.0 Å². The van der Waals surface area contributed by atoms with E-state index >= 15 is 0 Å². The number of aromatic nitrogens is 3. The van der Waals surface area contributed by atoms with Gasteiger partial charge in [-0.25, -0.2) is 4.98 Å². The molecule has 28 heavy (non-hydrogen) atoms. The molecule has 144 valence electrons. The maximum absolute atomic E-state index is 11.6. The van der Waals surface area contributed by atoms with Crippen molar-refractivity contribution in [2.24, 2.45) is 0 Å². The monoisotopic (exact) mass is 397 g/mol. The highest BCUT2D eigenvalue weighted by Crippen LogP contribution is 2.25. The van der Waals surface area contributed by atoms with E-state index in [4.69, 9.17) is 16.1 Å². The van der Waals surface area contributed by atoms with Gasteiger partial charge in [-0.3, -0.25) is 4.79 Å². The molecule has 1 aliphatic rings. The first-order chi connectivity index (χ1) is 13.6. The van der Waals surface area contributed by atoms with Gasteiger partial charge in [0.05, 0.1) is 5.56 Å². The van der Waals surface area contributed by atoms with Crippen LogP contribution in [-0.4, -0.2) is 52.1 Å². The molecule has 0 unspecified atom stereocenters. The second-order valence-electron chi connectivity index (χ2n) is 6.69. The molecule has 0 spiro atoms. The van der Waals surface area contributed by atoms with Gasteiger partial charge in [0.1, 0.15) is 5.82 Å². The van der Waals surface area contributed by atoms with E-state index in [0.29, 0.717) is 23.3 Å². The third-order valence-electron chi connectivity index (χ3n) is 4.77. The number of halogens is 1. The predicted molar refractivity (Wildman–Crippen MR) is 107 cm³/mol. The van der Waals surface area contributed by atoms with Gasteiger partial charge in [-0.15, -0.1) is 0 Å². The number of pyridine rings is 1. The number of benzene rings is 1. The lowest BCUT2D eigenvalue weighted by Crippen LogP contribution is -2.33. The van der Waals surface area contributed by atoms with Gasteiger partial charge in [0.25, 0.3) is 5.89 Å². The number of anilines is 1. The normalized spacial score (nSPS) is 14.8. The van der Waals surface area contributed by atoms with Gasteiger partial charge < -0.3 is 14.3 Å². The summed E-state index contributed by atoms with van der Waals surface area (Å²) < 4.78 is 5.39. The van der Waals surface area contributed by atoms with Crippen molar-refractivity contribution in [2.75, 3.05) is 31.1 Å². The fraction of sp³-hybridized carbons (Fsp3) is 0.300. The van der Waals surface area contributed by atoms with Gasteiger partial charge in [-0.1, -0.05) is 28.9 Å². The Morgan fingerprint density at radius 2 is 2.00 bits per heavy atom. The second kappa shape index (κ2) is 7.98. The predicted octanol–water partition coefficient (Wildman–Crippen LogP) is 3.51. The first-order valence-corrected chi connectivity index (χ1v) is 9.54. The van der Waals surface area contributed by atoms with Crippen LogP contribution in [0.25, 0.3) is 22.8 Å². The zero-order valence-electron chi connectivity index (χ0n) is 15.5. The number of amides is 1. The maximum Gasteiger partial charge on any atom is 0.259 e. The van der Waals surface area contributed by atoms with E-state index in [1.54, 1.807) is 25.3 Å². The van der Waals surface area contributed by atoms with E-state index in [1.807, 2.05) is 29.2 Å². The molecule has 0 bridgehead atoms.